The van der Waals surface area contributed by atoms with Gasteiger partial charge in [0.1, 0.15) is 0 Å². The minimum Gasteiger partial charge on any atom is -0.872 e. The predicted octanol–water partition coefficient (Wildman–Crippen LogP) is 2.31. The van der Waals surface area contributed by atoms with Crippen molar-refractivity contribution in [2.24, 2.45) is 0 Å². The molecule has 6 nitrogen and oxygen atoms in total. The Bertz CT molecular complexity index is 765. The highest BCUT2D eigenvalue weighted by Gasteiger charge is 2.13. The van der Waals surface area contributed by atoms with Crippen LogP contribution in [0.1, 0.15) is 33.6 Å². The molecule has 0 aromatic heterocycles. The second kappa shape index (κ2) is 6.62. The van der Waals surface area contributed by atoms with Gasteiger partial charge in [-0.1, -0.05) is 5.75 Å². The SMILES string of the molecule is O=C(Nc1ccc(C(=O)O)c([O-])c1)c1ccc(N2CCCC2)cc1. The molecule has 0 aliphatic carbocycles. The highest BCUT2D eigenvalue weighted by molar-refractivity contribution is 6.04. The number of hydrogen-bond donors (Lipinski definition) is 2. The molecule has 1 amide bonds. The molecule has 6 heteroatoms. The molecule has 1 fully saturated rings. The number of carboxylic acids is 1. The molecule has 1 aliphatic rings. The molecule has 0 radical (unpaired) electrons. The molecule has 0 atom stereocenters. The number of hydrogen-bond acceptors (Lipinski definition) is 4. The second-order valence-electron chi connectivity index (χ2n) is 5.71. The maximum absolute atomic E-state index is 12.2. The molecule has 124 valence electrons. The number of nitrogens with one attached hydrogen (secondary N) is 1. The van der Waals surface area contributed by atoms with Gasteiger partial charge in [0.25, 0.3) is 5.91 Å². The molecule has 1 heterocycles. The largest absolute Gasteiger partial charge is 0.872 e. The fraction of sp³-hybridized carbons (Fsp3) is 0.222. The van der Waals surface area contributed by atoms with Crippen LogP contribution in [0.5, 0.6) is 5.75 Å². The molecule has 2 aromatic carbocycles. The number of nitrogens with zero attached hydrogens (tertiary/aromatic N) is 1. The molecular formula is C18H17N2O4-. The average Bonchev–Trinajstić information content (AvgIpc) is 3.09. The Morgan fingerprint density at radius 2 is 1.71 bits per heavy atom. The normalized spacial score (nSPS) is 13.8. The van der Waals surface area contributed by atoms with E-state index in [1.165, 1.54) is 25.0 Å². The standard InChI is InChI=1S/C18H18N2O4/c21-16-11-13(5-8-15(16)18(23)24)19-17(22)12-3-6-14(7-4-12)20-9-1-2-10-20/h3-8,11,21H,1-2,9-10H2,(H,19,22)(H,23,24)/p-1. The lowest BCUT2D eigenvalue weighted by atomic mass is 10.1. The number of amides is 1. The zero-order chi connectivity index (χ0) is 17.1. The van der Waals surface area contributed by atoms with E-state index in [1.54, 1.807) is 12.1 Å². The van der Waals surface area contributed by atoms with E-state index in [0.29, 0.717) is 5.56 Å². The first kappa shape index (κ1) is 15.9. The summed E-state index contributed by atoms with van der Waals surface area (Å²) in [7, 11) is 0. The molecule has 24 heavy (non-hydrogen) atoms. The van der Waals surface area contributed by atoms with Crippen LogP contribution in [0.15, 0.2) is 42.5 Å². The van der Waals surface area contributed by atoms with Gasteiger partial charge in [-0.3, -0.25) is 4.79 Å². The first-order chi connectivity index (χ1) is 11.5. The van der Waals surface area contributed by atoms with Crippen LogP contribution in [-0.2, 0) is 0 Å². The van der Waals surface area contributed by atoms with Crippen molar-refractivity contribution in [1.29, 1.82) is 0 Å². The van der Waals surface area contributed by atoms with Gasteiger partial charge in [0.15, 0.2) is 0 Å². The number of carbonyl (C=O) groups is 2. The topological polar surface area (TPSA) is 92.7 Å². The summed E-state index contributed by atoms with van der Waals surface area (Å²) in [5, 5.41) is 23.1. The number of rotatable bonds is 4. The van der Waals surface area contributed by atoms with Crippen LogP contribution in [-0.4, -0.2) is 30.1 Å². The molecule has 1 saturated heterocycles. The lowest BCUT2D eigenvalue weighted by Gasteiger charge is -2.17. The molecule has 3 rings (SSSR count). The Labute approximate surface area is 139 Å². The van der Waals surface area contributed by atoms with Crippen molar-refractivity contribution < 1.29 is 19.8 Å². The number of benzene rings is 2. The van der Waals surface area contributed by atoms with Crippen molar-refractivity contribution in [3.8, 4) is 5.75 Å². The summed E-state index contributed by atoms with van der Waals surface area (Å²) < 4.78 is 0. The third-order valence-corrected chi connectivity index (χ3v) is 4.07. The minimum absolute atomic E-state index is 0.276. The average molecular weight is 325 g/mol. The van der Waals surface area contributed by atoms with Crippen molar-refractivity contribution in [2.75, 3.05) is 23.3 Å². The molecule has 0 unspecified atom stereocenters. The molecule has 2 N–H and O–H groups in total. The predicted molar refractivity (Wildman–Crippen MR) is 88.7 cm³/mol. The number of anilines is 2. The van der Waals surface area contributed by atoms with Gasteiger partial charge in [0.05, 0.1) is 5.56 Å². The van der Waals surface area contributed by atoms with E-state index in [4.69, 9.17) is 5.11 Å². The Kier molecular flexibility index (Phi) is 4.37. The lowest BCUT2D eigenvalue weighted by Crippen LogP contribution is -2.18. The fourth-order valence-corrected chi connectivity index (χ4v) is 2.78. The molecule has 0 bridgehead atoms. The van der Waals surface area contributed by atoms with E-state index in [-0.39, 0.29) is 17.2 Å². The van der Waals surface area contributed by atoms with E-state index in [1.807, 2.05) is 12.1 Å². The van der Waals surface area contributed by atoms with E-state index >= 15 is 0 Å². The van der Waals surface area contributed by atoms with Gasteiger partial charge in [0.2, 0.25) is 0 Å². The van der Waals surface area contributed by atoms with Crippen LogP contribution in [0.3, 0.4) is 0 Å². The van der Waals surface area contributed by atoms with Gasteiger partial charge >= 0.3 is 5.97 Å². The number of carbonyl (C=O) groups excluding carboxylic acids is 1. The van der Waals surface area contributed by atoms with E-state index in [0.717, 1.165) is 24.8 Å². The van der Waals surface area contributed by atoms with Crippen molar-refractivity contribution in [3.05, 3.63) is 53.6 Å². The van der Waals surface area contributed by atoms with Crippen molar-refractivity contribution >= 4 is 23.3 Å². The minimum atomic E-state index is -1.28. The molecular weight excluding hydrogens is 308 g/mol. The van der Waals surface area contributed by atoms with Gasteiger partial charge in [-0.05, 0) is 55.3 Å². The van der Waals surface area contributed by atoms with Gasteiger partial charge < -0.3 is 20.4 Å². The smallest absolute Gasteiger partial charge is 0.335 e. The summed E-state index contributed by atoms with van der Waals surface area (Å²) in [6.45, 7) is 2.07. The van der Waals surface area contributed by atoms with Gasteiger partial charge in [-0.15, -0.1) is 0 Å². The van der Waals surface area contributed by atoms with Crippen LogP contribution in [0.25, 0.3) is 0 Å². The summed E-state index contributed by atoms with van der Waals surface area (Å²) in [6, 6.07) is 11.0. The number of aromatic carboxylic acids is 1. The van der Waals surface area contributed by atoms with Crippen LogP contribution in [0.4, 0.5) is 11.4 Å². The van der Waals surface area contributed by atoms with E-state index in [9.17, 15) is 14.7 Å². The van der Waals surface area contributed by atoms with Crippen molar-refractivity contribution in [3.63, 3.8) is 0 Å². The van der Waals surface area contributed by atoms with E-state index in [2.05, 4.69) is 10.2 Å². The summed E-state index contributed by atoms with van der Waals surface area (Å²) in [5.41, 5.74) is 1.53. The van der Waals surface area contributed by atoms with Crippen LogP contribution >= 0.6 is 0 Å². The maximum atomic E-state index is 12.2. The fourth-order valence-electron chi connectivity index (χ4n) is 2.78. The second-order valence-corrected chi connectivity index (χ2v) is 5.71. The van der Waals surface area contributed by atoms with E-state index < -0.39 is 11.7 Å². The third-order valence-electron chi connectivity index (χ3n) is 4.07. The first-order valence-electron chi connectivity index (χ1n) is 7.75. The Morgan fingerprint density at radius 1 is 1.04 bits per heavy atom. The van der Waals surface area contributed by atoms with Gasteiger partial charge in [0, 0.05) is 30.0 Å². The highest BCUT2D eigenvalue weighted by atomic mass is 16.4. The molecule has 0 spiro atoms. The lowest BCUT2D eigenvalue weighted by molar-refractivity contribution is -0.268. The summed E-state index contributed by atoms with van der Waals surface area (Å²) in [5.74, 6) is -2.26. The monoisotopic (exact) mass is 325 g/mol. The third kappa shape index (κ3) is 3.32. The summed E-state index contributed by atoms with van der Waals surface area (Å²) in [4.78, 5) is 25.3. The first-order valence-corrected chi connectivity index (χ1v) is 7.75. The van der Waals surface area contributed by atoms with Gasteiger partial charge in [-0.2, -0.15) is 0 Å². The number of carboxylic acid groups (broad SMARTS) is 1. The van der Waals surface area contributed by atoms with Crippen LogP contribution in [0.2, 0.25) is 0 Å². The summed E-state index contributed by atoms with van der Waals surface area (Å²) >= 11 is 0. The van der Waals surface area contributed by atoms with Crippen LogP contribution < -0.4 is 15.3 Å². The Morgan fingerprint density at radius 3 is 2.29 bits per heavy atom. The molecule has 1 aliphatic heterocycles. The van der Waals surface area contributed by atoms with Gasteiger partial charge in [-0.25, -0.2) is 4.79 Å². The molecule has 0 saturated carbocycles. The highest BCUT2D eigenvalue weighted by Crippen LogP contribution is 2.22. The maximum Gasteiger partial charge on any atom is 0.335 e. The van der Waals surface area contributed by atoms with Crippen molar-refractivity contribution in [2.45, 2.75) is 12.8 Å². The van der Waals surface area contributed by atoms with Crippen molar-refractivity contribution in [1.82, 2.24) is 0 Å². The Balaban J connectivity index is 1.70. The zero-order valence-electron chi connectivity index (χ0n) is 13.0. The quantitative estimate of drug-likeness (QED) is 0.900. The van der Waals surface area contributed by atoms with Crippen LogP contribution in [0, 0.1) is 0 Å². The summed E-state index contributed by atoms with van der Waals surface area (Å²) in [6.07, 6.45) is 2.37. The molecule has 2 aromatic rings. The Hall–Kier alpha value is -3.02. The zero-order valence-corrected chi connectivity index (χ0v) is 13.0.